The van der Waals surface area contributed by atoms with Crippen molar-refractivity contribution in [2.24, 2.45) is 5.92 Å². The monoisotopic (exact) mass is 365 g/mol. The van der Waals surface area contributed by atoms with Crippen LogP contribution in [0.2, 0.25) is 0 Å². The highest BCUT2D eigenvalue weighted by molar-refractivity contribution is 14.1. The molecule has 1 aliphatic rings. The highest BCUT2D eigenvalue weighted by Gasteiger charge is 2.25. The second-order valence-corrected chi connectivity index (χ2v) is 7.37. The zero-order valence-electron chi connectivity index (χ0n) is 10.2. The minimum absolute atomic E-state index is 0.526. The molecule has 0 spiro atoms. The Labute approximate surface area is 121 Å². The van der Waals surface area contributed by atoms with Crippen LogP contribution in [0.5, 0.6) is 0 Å². The first-order chi connectivity index (χ1) is 8.31. The van der Waals surface area contributed by atoms with E-state index in [4.69, 9.17) is 4.74 Å². The zero-order valence-corrected chi connectivity index (χ0v) is 13.2. The second-order valence-electron chi connectivity index (χ2n) is 4.57. The molecule has 2 heterocycles. The maximum atomic E-state index is 5.47. The van der Waals surface area contributed by atoms with Crippen molar-refractivity contribution in [1.82, 2.24) is 5.32 Å². The van der Waals surface area contributed by atoms with Crippen LogP contribution >= 0.6 is 33.9 Å². The Bertz CT molecular complexity index is 336. The van der Waals surface area contributed by atoms with E-state index in [9.17, 15) is 0 Å². The number of ether oxygens (including phenoxy) is 1. The van der Waals surface area contributed by atoms with Crippen LogP contribution in [-0.4, -0.2) is 19.8 Å². The summed E-state index contributed by atoms with van der Waals surface area (Å²) in [6.07, 6.45) is 3.57. The first-order valence-corrected chi connectivity index (χ1v) is 8.32. The van der Waals surface area contributed by atoms with Crippen LogP contribution in [0.4, 0.5) is 0 Å². The third-order valence-electron chi connectivity index (χ3n) is 3.30. The van der Waals surface area contributed by atoms with Crippen LogP contribution in [0, 0.1) is 8.80 Å². The Kier molecular flexibility index (Phi) is 5.72. The molecule has 0 saturated carbocycles. The molecule has 0 aliphatic carbocycles. The lowest BCUT2D eigenvalue weighted by atomic mass is 9.88. The number of nitrogens with one attached hydrogen (secondary N) is 1. The maximum Gasteiger partial charge on any atom is 0.0656 e. The lowest BCUT2D eigenvalue weighted by Gasteiger charge is -2.30. The molecule has 96 valence electrons. The predicted octanol–water partition coefficient (Wildman–Crippen LogP) is 3.82. The van der Waals surface area contributed by atoms with E-state index < -0.39 is 0 Å². The van der Waals surface area contributed by atoms with Crippen LogP contribution in [0.3, 0.4) is 0 Å². The van der Waals surface area contributed by atoms with E-state index in [-0.39, 0.29) is 0 Å². The van der Waals surface area contributed by atoms with Gasteiger partial charge in [-0.3, -0.25) is 0 Å². The van der Waals surface area contributed by atoms with Gasteiger partial charge in [0, 0.05) is 19.3 Å². The lowest BCUT2D eigenvalue weighted by Crippen LogP contribution is -2.32. The molecule has 0 bridgehead atoms. The lowest BCUT2D eigenvalue weighted by molar-refractivity contribution is 0.0537. The molecule has 4 heteroatoms. The van der Waals surface area contributed by atoms with Gasteiger partial charge in [0.05, 0.1) is 2.88 Å². The van der Waals surface area contributed by atoms with Crippen LogP contribution in [0.1, 0.15) is 37.8 Å². The topological polar surface area (TPSA) is 21.3 Å². The van der Waals surface area contributed by atoms with E-state index in [0.29, 0.717) is 6.04 Å². The molecule has 0 radical (unpaired) electrons. The third-order valence-corrected chi connectivity index (χ3v) is 5.11. The first-order valence-electron chi connectivity index (χ1n) is 6.36. The zero-order chi connectivity index (χ0) is 12.1. The normalized spacial score (nSPS) is 19.4. The number of halogens is 1. The number of rotatable bonds is 5. The summed E-state index contributed by atoms with van der Waals surface area (Å²) in [6.45, 7) is 5.19. The van der Waals surface area contributed by atoms with Crippen LogP contribution in [0.15, 0.2) is 11.4 Å². The molecule has 1 aromatic rings. The standard InChI is InChI=1S/C13H20INOS/c1-2-5-15-13(10-3-6-16-7-4-10)11-8-12(14)17-9-11/h8-10,13,15H,2-7H2,1H3. The highest BCUT2D eigenvalue weighted by Crippen LogP contribution is 2.32. The minimum Gasteiger partial charge on any atom is -0.381 e. The summed E-state index contributed by atoms with van der Waals surface area (Å²) in [4.78, 5) is 0. The summed E-state index contributed by atoms with van der Waals surface area (Å²) in [5.41, 5.74) is 1.47. The largest absolute Gasteiger partial charge is 0.381 e. The average Bonchev–Trinajstić information content (AvgIpc) is 2.78. The van der Waals surface area contributed by atoms with E-state index in [1.807, 2.05) is 11.3 Å². The Morgan fingerprint density at radius 2 is 2.29 bits per heavy atom. The molecule has 1 atom stereocenters. The van der Waals surface area contributed by atoms with Crippen molar-refractivity contribution in [3.63, 3.8) is 0 Å². The number of hydrogen-bond acceptors (Lipinski definition) is 3. The molecular weight excluding hydrogens is 345 g/mol. The van der Waals surface area contributed by atoms with Gasteiger partial charge in [-0.15, -0.1) is 11.3 Å². The summed E-state index contributed by atoms with van der Waals surface area (Å²) in [5.74, 6) is 0.737. The van der Waals surface area contributed by atoms with Crippen molar-refractivity contribution in [3.05, 3.63) is 19.9 Å². The van der Waals surface area contributed by atoms with Gasteiger partial charge in [0.2, 0.25) is 0 Å². The summed E-state index contributed by atoms with van der Waals surface area (Å²) in [7, 11) is 0. The van der Waals surface area contributed by atoms with Gasteiger partial charge < -0.3 is 10.1 Å². The molecule has 1 unspecified atom stereocenters. The Morgan fingerprint density at radius 3 is 2.88 bits per heavy atom. The van der Waals surface area contributed by atoms with Gasteiger partial charge in [0.25, 0.3) is 0 Å². The molecule has 1 aliphatic heterocycles. The fourth-order valence-corrected chi connectivity index (χ4v) is 3.80. The van der Waals surface area contributed by atoms with E-state index >= 15 is 0 Å². The van der Waals surface area contributed by atoms with Crippen LogP contribution < -0.4 is 5.32 Å². The smallest absolute Gasteiger partial charge is 0.0656 e. The van der Waals surface area contributed by atoms with E-state index in [1.165, 1.54) is 27.7 Å². The summed E-state index contributed by atoms with van der Waals surface area (Å²) >= 11 is 4.25. The van der Waals surface area contributed by atoms with Gasteiger partial charge in [0.15, 0.2) is 0 Å². The Balaban J connectivity index is 2.06. The van der Waals surface area contributed by atoms with Crippen molar-refractivity contribution >= 4 is 33.9 Å². The maximum absolute atomic E-state index is 5.47. The Morgan fingerprint density at radius 1 is 1.53 bits per heavy atom. The molecule has 0 aromatic carbocycles. The molecule has 1 aromatic heterocycles. The molecule has 1 N–H and O–H groups in total. The van der Waals surface area contributed by atoms with Crippen molar-refractivity contribution in [1.29, 1.82) is 0 Å². The van der Waals surface area contributed by atoms with Crippen molar-refractivity contribution in [2.45, 2.75) is 32.2 Å². The van der Waals surface area contributed by atoms with Gasteiger partial charge >= 0.3 is 0 Å². The SMILES string of the molecule is CCCNC(c1csc(I)c1)C1CCOCC1. The molecule has 1 saturated heterocycles. The van der Waals surface area contributed by atoms with E-state index in [1.54, 1.807) is 0 Å². The molecular formula is C13H20INOS. The molecule has 1 fully saturated rings. The van der Waals surface area contributed by atoms with Crippen molar-refractivity contribution < 1.29 is 4.74 Å². The fraction of sp³-hybridized carbons (Fsp3) is 0.692. The number of thiophene rings is 1. The van der Waals surface area contributed by atoms with Crippen molar-refractivity contribution in [3.8, 4) is 0 Å². The first kappa shape index (κ1) is 13.8. The van der Waals surface area contributed by atoms with Gasteiger partial charge in [-0.1, -0.05) is 6.92 Å². The Hall–Kier alpha value is 0.350. The van der Waals surface area contributed by atoms with Gasteiger partial charge in [-0.05, 0) is 71.3 Å². The summed E-state index contributed by atoms with van der Waals surface area (Å²) < 4.78 is 6.85. The summed E-state index contributed by atoms with van der Waals surface area (Å²) in [5, 5.41) is 6.03. The molecule has 2 rings (SSSR count). The second kappa shape index (κ2) is 7.07. The fourth-order valence-electron chi connectivity index (χ4n) is 2.39. The molecule has 17 heavy (non-hydrogen) atoms. The summed E-state index contributed by atoms with van der Waals surface area (Å²) in [6, 6.07) is 2.85. The van der Waals surface area contributed by atoms with Gasteiger partial charge in [-0.2, -0.15) is 0 Å². The predicted molar refractivity (Wildman–Crippen MR) is 81.6 cm³/mol. The van der Waals surface area contributed by atoms with Crippen LogP contribution in [0.25, 0.3) is 0 Å². The minimum atomic E-state index is 0.526. The quantitative estimate of drug-likeness (QED) is 0.801. The molecule has 0 amide bonds. The van der Waals surface area contributed by atoms with Gasteiger partial charge in [0.1, 0.15) is 0 Å². The van der Waals surface area contributed by atoms with E-state index in [2.05, 4.69) is 46.3 Å². The highest BCUT2D eigenvalue weighted by atomic mass is 127. The van der Waals surface area contributed by atoms with Crippen LogP contribution in [-0.2, 0) is 4.74 Å². The van der Waals surface area contributed by atoms with E-state index in [0.717, 1.165) is 25.7 Å². The average molecular weight is 365 g/mol. The number of hydrogen-bond donors (Lipinski definition) is 1. The van der Waals surface area contributed by atoms with Gasteiger partial charge in [-0.25, -0.2) is 0 Å². The third kappa shape index (κ3) is 3.91. The molecule has 2 nitrogen and oxygen atoms in total. The van der Waals surface area contributed by atoms with Crippen molar-refractivity contribution in [2.75, 3.05) is 19.8 Å².